The second kappa shape index (κ2) is 5.82. The molecule has 0 amide bonds. The third kappa shape index (κ3) is 2.44. The van der Waals surface area contributed by atoms with E-state index in [1.54, 1.807) is 0 Å². The fourth-order valence-electron chi connectivity index (χ4n) is 7.57. The van der Waals surface area contributed by atoms with Crippen molar-refractivity contribution in [2.45, 2.75) is 85.2 Å². The smallest absolute Gasteiger partial charge is 0.302 e. The number of Topliss-reactive ketones (excluding diaryl/α,β-unsaturated/α-hetero) is 1. The summed E-state index contributed by atoms with van der Waals surface area (Å²) in [5.74, 6) is 3.47. The third-order valence-corrected chi connectivity index (χ3v) is 9.02. The zero-order chi connectivity index (χ0) is 18.0. The Morgan fingerprint density at radius 1 is 1.08 bits per heavy atom. The van der Waals surface area contributed by atoms with Crippen LogP contribution in [0.3, 0.4) is 0 Å². The van der Waals surface area contributed by atoms with Gasteiger partial charge >= 0.3 is 5.97 Å². The molecule has 25 heavy (non-hydrogen) atoms. The van der Waals surface area contributed by atoms with Crippen molar-refractivity contribution in [3.63, 3.8) is 0 Å². The molecule has 4 aliphatic carbocycles. The SMILES string of the molecule is CC(=O)OC1CC2C(CC[C@@H]3C[C@H](C)CC[C@]23C)C2CCC(=O)[C@@]12C. The summed E-state index contributed by atoms with van der Waals surface area (Å²) in [7, 11) is 0. The maximum atomic E-state index is 12.8. The standard InChI is InChI=1S/C22H34O3/c1-13-9-10-21(3)15(11-13)5-6-16-17-7-8-19(24)22(17,4)20(12-18(16)21)25-14(2)23/h13,15-18,20H,5-12H2,1-4H3/t13-,15-,16?,17?,18?,20?,21+,22+/m1/s1. The molecule has 4 rings (SSSR count). The molecule has 0 radical (unpaired) electrons. The van der Waals surface area contributed by atoms with Gasteiger partial charge in [-0.3, -0.25) is 9.59 Å². The lowest BCUT2D eigenvalue weighted by Crippen LogP contribution is -2.59. The lowest BCUT2D eigenvalue weighted by molar-refractivity contribution is -0.186. The van der Waals surface area contributed by atoms with Crippen LogP contribution in [-0.4, -0.2) is 17.9 Å². The number of carbonyl (C=O) groups excluding carboxylic acids is 2. The normalized spacial score (nSPS) is 52.1. The topological polar surface area (TPSA) is 43.4 Å². The minimum absolute atomic E-state index is 0.207. The first-order valence-electron chi connectivity index (χ1n) is 10.5. The van der Waals surface area contributed by atoms with E-state index in [-0.39, 0.29) is 12.1 Å². The quantitative estimate of drug-likeness (QED) is 0.642. The van der Waals surface area contributed by atoms with Crippen molar-refractivity contribution in [1.29, 1.82) is 0 Å². The number of ether oxygens (including phenoxy) is 1. The molecule has 0 aromatic rings. The van der Waals surface area contributed by atoms with Crippen molar-refractivity contribution in [3.05, 3.63) is 0 Å². The van der Waals surface area contributed by atoms with Gasteiger partial charge in [0.15, 0.2) is 0 Å². The van der Waals surface area contributed by atoms with E-state index in [4.69, 9.17) is 4.74 Å². The Labute approximate surface area is 152 Å². The monoisotopic (exact) mass is 346 g/mol. The fraction of sp³-hybridized carbons (Fsp3) is 0.909. The summed E-state index contributed by atoms with van der Waals surface area (Å²) in [6.07, 6.45) is 8.99. The Balaban J connectivity index is 1.70. The van der Waals surface area contributed by atoms with E-state index in [0.717, 1.165) is 24.7 Å². The van der Waals surface area contributed by atoms with Crippen LogP contribution in [0.4, 0.5) is 0 Å². The fourth-order valence-corrected chi connectivity index (χ4v) is 7.57. The van der Waals surface area contributed by atoms with Crippen molar-refractivity contribution in [3.8, 4) is 0 Å². The number of carbonyl (C=O) groups is 2. The first-order valence-corrected chi connectivity index (χ1v) is 10.5. The predicted octanol–water partition coefficient (Wildman–Crippen LogP) is 4.78. The van der Waals surface area contributed by atoms with Crippen LogP contribution in [0, 0.1) is 40.4 Å². The molecule has 0 saturated heterocycles. The Morgan fingerprint density at radius 3 is 2.56 bits per heavy atom. The molecule has 0 aliphatic heterocycles. The van der Waals surface area contributed by atoms with Gasteiger partial charge in [0, 0.05) is 13.3 Å². The van der Waals surface area contributed by atoms with Gasteiger partial charge in [0.2, 0.25) is 0 Å². The second-order valence-electron chi connectivity index (χ2n) is 10.1. The van der Waals surface area contributed by atoms with Gasteiger partial charge in [0.05, 0.1) is 5.41 Å². The van der Waals surface area contributed by atoms with Crippen molar-refractivity contribution < 1.29 is 14.3 Å². The Morgan fingerprint density at radius 2 is 1.84 bits per heavy atom. The van der Waals surface area contributed by atoms with Crippen LogP contribution >= 0.6 is 0 Å². The van der Waals surface area contributed by atoms with E-state index in [0.29, 0.717) is 35.4 Å². The highest BCUT2D eigenvalue weighted by atomic mass is 16.5. The highest BCUT2D eigenvalue weighted by Crippen LogP contribution is 2.66. The van der Waals surface area contributed by atoms with Gasteiger partial charge in [-0.05, 0) is 80.5 Å². The van der Waals surface area contributed by atoms with Gasteiger partial charge in [0.1, 0.15) is 11.9 Å². The lowest BCUT2D eigenvalue weighted by atomic mass is 9.44. The highest BCUT2D eigenvalue weighted by Gasteiger charge is 2.64. The van der Waals surface area contributed by atoms with Gasteiger partial charge in [-0.15, -0.1) is 0 Å². The van der Waals surface area contributed by atoms with Gasteiger partial charge in [0.25, 0.3) is 0 Å². The summed E-state index contributed by atoms with van der Waals surface area (Å²) in [6, 6.07) is 0. The molecule has 8 atom stereocenters. The van der Waals surface area contributed by atoms with E-state index < -0.39 is 5.41 Å². The first-order chi connectivity index (χ1) is 11.8. The minimum atomic E-state index is -0.433. The van der Waals surface area contributed by atoms with Crippen LogP contribution in [0.25, 0.3) is 0 Å². The number of fused-ring (bicyclic) bond motifs is 5. The van der Waals surface area contributed by atoms with Gasteiger partial charge in [-0.25, -0.2) is 0 Å². The molecule has 4 unspecified atom stereocenters. The second-order valence-corrected chi connectivity index (χ2v) is 10.1. The van der Waals surface area contributed by atoms with Crippen LogP contribution in [0.15, 0.2) is 0 Å². The summed E-state index contributed by atoms with van der Waals surface area (Å²) in [6.45, 7) is 8.53. The highest BCUT2D eigenvalue weighted by molar-refractivity contribution is 5.88. The molecule has 3 heteroatoms. The molecule has 4 fully saturated rings. The van der Waals surface area contributed by atoms with Gasteiger partial charge in [-0.2, -0.15) is 0 Å². The number of rotatable bonds is 1. The molecule has 0 aromatic carbocycles. The predicted molar refractivity (Wildman–Crippen MR) is 96.8 cm³/mol. The minimum Gasteiger partial charge on any atom is -0.461 e. The van der Waals surface area contributed by atoms with E-state index >= 15 is 0 Å². The van der Waals surface area contributed by atoms with E-state index in [9.17, 15) is 9.59 Å². The van der Waals surface area contributed by atoms with Crippen LogP contribution in [0.1, 0.15) is 79.1 Å². The summed E-state index contributed by atoms with van der Waals surface area (Å²) in [4.78, 5) is 24.6. The van der Waals surface area contributed by atoms with Crippen molar-refractivity contribution in [2.24, 2.45) is 40.4 Å². The zero-order valence-corrected chi connectivity index (χ0v) is 16.3. The molecule has 4 aliphatic rings. The van der Waals surface area contributed by atoms with Crippen molar-refractivity contribution in [2.75, 3.05) is 0 Å². The molecule has 0 bridgehead atoms. The number of hydrogen-bond acceptors (Lipinski definition) is 3. The van der Waals surface area contributed by atoms with E-state index in [1.807, 2.05) is 0 Å². The summed E-state index contributed by atoms with van der Waals surface area (Å²) < 4.78 is 5.81. The van der Waals surface area contributed by atoms with Gasteiger partial charge in [-0.1, -0.05) is 20.3 Å². The Bertz CT molecular complexity index is 584. The average Bonchev–Trinajstić information content (AvgIpc) is 2.85. The maximum Gasteiger partial charge on any atom is 0.302 e. The van der Waals surface area contributed by atoms with Crippen LogP contribution in [0.5, 0.6) is 0 Å². The van der Waals surface area contributed by atoms with Crippen LogP contribution in [0.2, 0.25) is 0 Å². The third-order valence-electron chi connectivity index (χ3n) is 9.02. The van der Waals surface area contributed by atoms with E-state index in [1.165, 1.54) is 39.0 Å². The number of esters is 1. The summed E-state index contributed by atoms with van der Waals surface area (Å²) in [5, 5.41) is 0. The number of ketones is 1. The Kier molecular flexibility index (Phi) is 4.09. The maximum absolute atomic E-state index is 12.8. The summed E-state index contributed by atoms with van der Waals surface area (Å²) >= 11 is 0. The molecule has 0 heterocycles. The van der Waals surface area contributed by atoms with Crippen LogP contribution in [-0.2, 0) is 14.3 Å². The molecule has 0 N–H and O–H groups in total. The Hall–Kier alpha value is -0.860. The summed E-state index contributed by atoms with van der Waals surface area (Å²) in [5.41, 5.74) is -0.0568. The zero-order valence-electron chi connectivity index (χ0n) is 16.3. The molecule has 4 saturated carbocycles. The van der Waals surface area contributed by atoms with Crippen molar-refractivity contribution >= 4 is 11.8 Å². The van der Waals surface area contributed by atoms with Gasteiger partial charge < -0.3 is 4.74 Å². The molecule has 140 valence electrons. The largest absolute Gasteiger partial charge is 0.461 e. The van der Waals surface area contributed by atoms with Crippen LogP contribution < -0.4 is 0 Å². The number of hydrogen-bond donors (Lipinski definition) is 0. The molecule has 3 nitrogen and oxygen atoms in total. The van der Waals surface area contributed by atoms with Crippen molar-refractivity contribution in [1.82, 2.24) is 0 Å². The molecule has 0 spiro atoms. The lowest BCUT2D eigenvalue weighted by Gasteiger charge is -2.61. The molecular formula is C22H34O3. The molecular weight excluding hydrogens is 312 g/mol. The first kappa shape index (κ1) is 17.5. The average molecular weight is 347 g/mol. The van der Waals surface area contributed by atoms with E-state index in [2.05, 4.69) is 20.8 Å². The molecule has 0 aromatic heterocycles.